The van der Waals surface area contributed by atoms with Crippen molar-refractivity contribution in [3.8, 4) is 0 Å². The van der Waals surface area contributed by atoms with Crippen LogP contribution in [-0.2, 0) is 13.0 Å². The van der Waals surface area contributed by atoms with Crippen molar-refractivity contribution < 1.29 is 0 Å². The lowest BCUT2D eigenvalue weighted by atomic mass is 9.99. The van der Waals surface area contributed by atoms with Gasteiger partial charge in [0, 0.05) is 55.6 Å². The minimum atomic E-state index is 0.684. The maximum absolute atomic E-state index is 4.42. The Kier molecular flexibility index (Phi) is 3.42. The Labute approximate surface area is 119 Å². The summed E-state index contributed by atoms with van der Waals surface area (Å²) in [5, 5.41) is 0. The van der Waals surface area contributed by atoms with E-state index in [0.717, 1.165) is 37.6 Å². The van der Waals surface area contributed by atoms with Crippen LogP contribution in [0.25, 0.3) is 0 Å². The summed E-state index contributed by atoms with van der Waals surface area (Å²) in [6.45, 7) is 9.48. The van der Waals surface area contributed by atoms with Crippen LogP contribution in [0.1, 0.15) is 24.0 Å². The first-order chi connectivity index (χ1) is 9.69. The summed E-state index contributed by atoms with van der Waals surface area (Å²) in [6, 6.07) is 0. The molecule has 0 N–H and O–H groups in total. The lowest BCUT2D eigenvalue weighted by Gasteiger charge is -2.41. The topological polar surface area (TPSA) is 46.8 Å². The van der Waals surface area contributed by atoms with Gasteiger partial charge in [0.25, 0.3) is 0 Å². The van der Waals surface area contributed by atoms with Crippen molar-refractivity contribution in [2.75, 3.05) is 18.0 Å². The summed E-state index contributed by atoms with van der Waals surface area (Å²) in [5.74, 6) is 2.96. The van der Waals surface area contributed by atoms with Gasteiger partial charge in [-0.2, -0.15) is 0 Å². The molecule has 0 radical (unpaired) electrons. The Bertz CT molecular complexity index is 598. The average Bonchev–Trinajstić information content (AvgIpc) is 2.84. The fourth-order valence-corrected chi connectivity index (χ4v) is 2.80. The van der Waals surface area contributed by atoms with Crippen LogP contribution in [0.5, 0.6) is 0 Å². The van der Waals surface area contributed by atoms with E-state index < -0.39 is 0 Å². The van der Waals surface area contributed by atoms with Crippen molar-refractivity contribution in [2.45, 2.75) is 33.7 Å². The first kappa shape index (κ1) is 13.1. The number of hydrogen-bond acceptors (Lipinski definition) is 4. The van der Waals surface area contributed by atoms with Gasteiger partial charge in [-0.1, -0.05) is 6.92 Å². The normalized spacial score (nSPS) is 15.4. The summed E-state index contributed by atoms with van der Waals surface area (Å²) >= 11 is 0. The molecule has 0 aromatic carbocycles. The molecular weight excluding hydrogens is 250 g/mol. The third-order valence-electron chi connectivity index (χ3n) is 4.14. The van der Waals surface area contributed by atoms with Crippen LogP contribution in [-0.4, -0.2) is 32.6 Å². The molecule has 0 atom stereocenters. The van der Waals surface area contributed by atoms with Gasteiger partial charge in [0.1, 0.15) is 18.0 Å². The molecule has 2 aromatic rings. The number of hydrogen-bond donors (Lipinski definition) is 0. The predicted molar refractivity (Wildman–Crippen MR) is 78.8 cm³/mol. The molecule has 1 fully saturated rings. The Morgan fingerprint density at radius 3 is 2.75 bits per heavy atom. The van der Waals surface area contributed by atoms with Gasteiger partial charge < -0.3 is 9.47 Å². The van der Waals surface area contributed by atoms with E-state index >= 15 is 0 Å². The molecule has 1 saturated heterocycles. The van der Waals surface area contributed by atoms with Crippen molar-refractivity contribution in [3.63, 3.8) is 0 Å². The van der Waals surface area contributed by atoms with Crippen LogP contribution < -0.4 is 4.90 Å². The molecule has 2 aromatic heterocycles. The first-order valence-corrected chi connectivity index (χ1v) is 7.22. The zero-order valence-corrected chi connectivity index (χ0v) is 12.4. The minimum absolute atomic E-state index is 0.684. The van der Waals surface area contributed by atoms with Crippen LogP contribution in [0.4, 0.5) is 5.82 Å². The maximum atomic E-state index is 4.42. The minimum Gasteiger partial charge on any atom is -0.355 e. The Morgan fingerprint density at radius 2 is 2.00 bits per heavy atom. The number of aromatic nitrogens is 4. The molecular formula is C15H21N5. The molecule has 106 valence electrons. The molecule has 3 rings (SSSR count). The zero-order valence-electron chi connectivity index (χ0n) is 12.4. The predicted octanol–water partition coefficient (Wildman–Crippen LogP) is 1.99. The highest BCUT2D eigenvalue weighted by molar-refractivity contribution is 5.49. The van der Waals surface area contributed by atoms with E-state index in [2.05, 4.69) is 44.5 Å². The largest absolute Gasteiger partial charge is 0.355 e. The Hall–Kier alpha value is -1.91. The SMILES string of the molecule is CCc1nccn1CC1CN(c2ncnc(C)c2C)C1. The lowest BCUT2D eigenvalue weighted by molar-refractivity contribution is 0.350. The second kappa shape index (κ2) is 5.23. The first-order valence-electron chi connectivity index (χ1n) is 7.22. The van der Waals surface area contributed by atoms with Crippen molar-refractivity contribution in [3.05, 3.63) is 35.8 Å². The second-order valence-electron chi connectivity index (χ2n) is 5.53. The van der Waals surface area contributed by atoms with Crippen molar-refractivity contribution >= 4 is 5.82 Å². The van der Waals surface area contributed by atoms with Crippen molar-refractivity contribution in [2.24, 2.45) is 5.92 Å². The highest BCUT2D eigenvalue weighted by Gasteiger charge is 2.29. The van der Waals surface area contributed by atoms with Gasteiger partial charge in [-0.05, 0) is 13.8 Å². The van der Waals surface area contributed by atoms with E-state index in [1.54, 1.807) is 6.33 Å². The van der Waals surface area contributed by atoms with Crippen LogP contribution in [0.3, 0.4) is 0 Å². The molecule has 0 amide bonds. The molecule has 1 aliphatic rings. The molecule has 1 aliphatic heterocycles. The lowest BCUT2D eigenvalue weighted by Crippen LogP contribution is -2.49. The standard InChI is InChI=1S/C15H21N5/c1-4-14-16-5-6-19(14)7-13-8-20(9-13)15-11(2)12(3)17-10-18-15/h5-6,10,13H,4,7-9H2,1-3H3. The summed E-state index contributed by atoms with van der Waals surface area (Å²) in [6.07, 6.45) is 6.64. The zero-order chi connectivity index (χ0) is 14.1. The highest BCUT2D eigenvalue weighted by Crippen LogP contribution is 2.27. The molecule has 0 bridgehead atoms. The number of rotatable bonds is 4. The molecule has 5 nitrogen and oxygen atoms in total. The van der Waals surface area contributed by atoms with Gasteiger partial charge in [0.05, 0.1) is 0 Å². The van der Waals surface area contributed by atoms with Crippen LogP contribution in [0, 0.1) is 19.8 Å². The van der Waals surface area contributed by atoms with E-state index in [1.165, 1.54) is 11.4 Å². The molecule has 0 spiro atoms. The molecule has 5 heteroatoms. The number of imidazole rings is 1. The Morgan fingerprint density at radius 1 is 1.20 bits per heavy atom. The summed E-state index contributed by atoms with van der Waals surface area (Å²) in [7, 11) is 0. The molecule has 3 heterocycles. The number of aryl methyl sites for hydroxylation is 2. The smallest absolute Gasteiger partial charge is 0.135 e. The van der Waals surface area contributed by atoms with Crippen molar-refractivity contribution in [1.29, 1.82) is 0 Å². The maximum Gasteiger partial charge on any atom is 0.135 e. The van der Waals surface area contributed by atoms with E-state index in [1.807, 2.05) is 13.1 Å². The molecule has 0 saturated carbocycles. The monoisotopic (exact) mass is 271 g/mol. The second-order valence-corrected chi connectivity index (χ2v) is 5.53. The molecule has 0 aliphatic carbocycles. The summed E-state index contributed by atoms with van der Waals surface area (Å²) < 4.78 is 2.28. The molecule has 0 unspecified atom stereocenters. The molecule has 20 heavy (non-hydrogen) atoms. The van der Waals surface area contributed by atoms with Gasteiger partial charge in [0.15, 0.2) is 0 Å². The summed E-state index contributed by atoms with van der Waals surface area (Å²) in [5.41, 5.74) is 2.27. The third-order valence-corrected chi connectivity index (χ3v) is 4.14. The van der Waals surface area contributed by atoms with Gasteiger partial charge >= 0.3 is 0 Å². The Balaban J connectivity index is 1.63. The van der Waals surface area contributed by atoms with Crippen LogP contribution in [0.2, 0.25) is 0 Å². The quantitative estimate of drug-likeness (QED) is 0.853. The van der Waals surface area contributed by atoms with E-state index in [9.17, 15) is 0 Å². The van der Waals surface area contributed by atoms with E-state index in [0.29, 0.717) is 5.92 Å². The van der Waals surface area contributed by atoms with Gasteiger partial charge in [-0.3, -0.25) is 0 Å². The number of anilines is 1. The van der Waals surface area contributed by atoms with Crippen molar-refractivity contribution in [1.82, 2.24) is 19.5 Å². The van der Waals surface area contributed by atoms with E-state index in [-0.39, 0.29) is 0 Å². The van der Waals surface area contributed by atoms with Crippen LogP contribution in [0.15, 0.2) is 18.7 Å². The fourth-order valence-electron chi connectivity index (χ4n) is 2.80. The van der Waals surface area contributed by atoms with Gasteiger partial charge in [-0.15, -0.1) is 0 Å². The van der Waals surface area contributed by atoms with Crippen LogP contribution >= 0.6 is 0 Å². The highest BCUT2D eigenvalue weighted by atomic mass is 15.3. The third kappa shape index (κ3) is 2.28. The van der Waals surface area contributed by atoms with Gasteiger partial charge in [0.2, 0.25) is 0 Å². The fraction of sp³-hybridized carbons (Fsp3) is 0.533. The summed E-state index contributed by atoms with van der Waals surface area (Å²) in [4.78, 5) is 15.4. The van der Waals surface area contributed by atoms with E-state index in [4.69, 9.17) is 0 Å². The average molecular weight is 271 g/mol. The number of nitrogens with zero attached hydrogens (tertiary/aromatic N) is 5. The van der Waals surface area contributed by atoms with Gasteiger partial charge in [-0.25, -0.2) is 15.0 Å².